The van der Waals surface area contributed by atoms with Crippen LogP contribution < -0.4 is 5.32 Å². The number of hydrogen-bond donors (Lipinski definition) is 1. The molecule has 0 bridgehead atoms. The lowest BCUT2D eigenvalue weighted by Gasteiger charge is -2.30. The van der Waals surface area contributed by atoms with Crippen molar-refractivity contribution in [2.75, 3.05) is 19.6 Å². The number of rotatable bonds is 15. The van der Waals surface area contributed by atoms with Crippen molar-refractivity contribution in [3.63, 3.8) is 0 Å². The lowest BCUT2D eigenvalue weighted by molar-refractivity contribution is 0.284. The minimum atomic E-state index is -3.95. The number of unbranched alkanes of at least 4 members (excludes halogenated alkanes) is 2. The van der Waals surface area contributed by atoms with Crippen LogP contribution in [0.1, 0.15) is 89.8 Å². The number of sulfonamides is 2. The lowest BCUT2D eigenvalue weighted by Crippen LogP contribution is -2.39. The van der Waals surface area contributed by atoms with Crippen LogP contribution in [0.2, 0.25) is 0 Å². The molecular weight excluding hydrogens is 694 g/mol. The van der Waals surface area contributed by atoms with E-state index in [4.69, 9.17) is 0 Å². The molecule has 1 saturated heterocycles. The van der Waals surface area contributed by atoms with Crippen molar-refractivity contribution in [3.05, 3.63) is 94.0 Å². The molecule has 1 N–H and O–H groups in total. The summed E-state index contributed by atoms with van der Waals surface area (Å²) in [4.78, 5) is 0.198. The summed E-state index contributed by atoms with van der Waals surface area (Å²) in [5.74, 6) is 0.258. The van der Waals surface area contributed by atoms with Gasteiger partial charge in [0.25, 0.3) is 0 Å². The molecule has 1 unspecified atom stereocenters. The maximum atomic E-state index is 14.3. The van der Waals surface area contributed by atoms with E-state index in [0.29, 0.717) is 6.54 Å². The fraction of sp³-hybridized carbons (Fsp3) is 0.514. The molecular formula is C37H52BrN3O4S2. The van der Waals surface area contributed by atoms with Crippen LogP contribution in [0.25, 0.3) is 0 Å². The van der Waals surface area contributed by atoms with E-state index in [0.717, 1.165) is 72.8 Å². The molecule has 1 aliphatic rings. The molecule has 0 spiro atoms. The van der Waals surface area contributed by atoms with Gasteiger partial charge in [-0.3, -0.25) is 0 Å². The summed E-state index contributed by atoms with van der Waals surface area (Å²) in [6.45, 7) is 13.2. The van der Waals surface area contributed by atoms with Crippen LogP contribution in [-0.2, 0) is 38.6 Å². The Morgan fingerprint density at radius 2 is 1.45 bits per heavy atom. The zero-order chi connectivity index (χ0) is 34.2. The van der Waals surface area contributed by atoms with Crippen molar-refractivity contribution >= 4 is 36.0 Å². The first kappa shape index (κ1) is 37.7. The van der Waals surface area contributed by atoms with Gasteiger partial charge < -0.3 is 5.32 Å². The smallest absolute Gasteiger partial charge is 0.243 e. The molecule has 0 amide bonds. The van der Waals surface area contributed by atoms with Crippen LogP contribution in [-0.4, -0.2) is 51.1 Å². The van der Waals surface area contributed by atoms with Crippen molar-refractivity contribution in [3.8, 4) is 0 Å². The monoisotopic (exact) mass is 745 g/mol. The molecule has 0 saturated carbocycles. The molecule has 3 aromatic carbocycles. The van der Waals surface area contributed by atoms with Gasteiger partial charge >= 0.3 is 0 Å². The average molecular weight is 747 g/mol. The first-order valence-corrected chi connectivity index (χ1v) is 20.6. The van der Waals surface area contributed by atoms with E-state index in [1.54, 1.807) is 8.61 Å². The largest absolute Gasteiger partial charge is 0.317 e. The highest BCUT2D eigenvalue weighted by Gasteiger charge is 2.32. The quantitative estimate of drug-likeness (QED) is 0.159. The van der Waals surface area contributed by atoms with Crippen LogP contribution in [0.4, 0.5) is 0 Å². The molecule has 47 heavy (non-hydrogen) atoms. The molecule has 258 valence electrons. The molecule has 7 nitrogen and oxygen atoms in total. The Hall–Kier alpha value is -2.08. The maximum Gasteiger partial charge on any atom is 0.243 e. The minimum absolute atomic E-state index is 0.0952. The molecule has 1 atom stereocenters. The highest BCUT2D eigenvalue weighted by Crippen LogP contribution is 2.31. The van der Waals surface area contributed by atoms with Crippen molar-refractivity contribution in [1.82, 2.24) is 13.9 Å². The van der Waals surface area contributed by atoms with Crippen LogP contribution in [0.5, 0.6) is 0 Å². The first-order valence-electron chi connectivity index (χ1n) is 16.9. The molecule has 10 heteroatoms. The number of benzene rings is 3. The van der Waals surface area contributed by atoms with E-state index in [9.17, 15) is 16.8 Å². The Morgan fingerprint density at radius 3 is 2.04 bits per heavy atom. The van der Waals surface area contributed by atoms with Gasteiger partial charge in [-0.05, 0) is 104 Å². The van der Waals surface area contributed by atoms with Gasteiger partial charge in [-0.25, -0.2) is 16.8 Å². The van der Waals surface area contributed by atoms with Crippen LogP contribution >= 0.6 is 15.9 Å². The fourth-order valence-electron chi connectivity index (χ4n) is 6.12. The van der Waals surface area contributed by atoms with Crippen molar-refractivity contribution in [2.24, 2.45) is 5.92 Å². The van der Waals surface area contributed by atoms with E-state index in [1.807, 2.05) is 43.3 Å². The van der Waals surface area contributed by atoms with Gasteiger partial charge in [0.05, 0.1) is 9.79 Å². The Labute approximate surface area is 292 Å². The normalized spacial score (nSPS) is 15.7. The van der Waals surface area contributed by atoms with E-state index < -0.39 is 20.0 Å². The van der Waals surface area contributed by atoms with Gasteiger partial charge in [-0.15, -0.1) is 0 Å². The average Bonchev–Trinajstić information content (AvgIpc) is 3.03. The summed E-state index contributed by atoms with van der Waals surface area (Å²) < 4.78 is 60.9. The molecule has 0 aliphatic carbocycles. The second-order valence-electron chi connectivity index (χ2n) is 13.9. The summed E-state index contributed by atoms with van der Waals surface area (Å²) in [5, 5.41) is 3.36. The second-order valence-corrected chi connectivity index (χ2v) is 18.7. The predicted molar refractivity (Wildman–Crippen MR) is 195 cm³/mol. The van der Waals surface area contributed by atoms with Gasteiger partial charge in [-0.2, -0.15) is 8.61 Å². The number of hydrogen-bond acceptors (Lipinski definition) is 5. The summed E-state index contributed by atoms with van der Waals surface area (Å²) in [6.07, 6.45) is 5.59. The van der Waals surface area contributed by atoms with Crippen LogP contribution in [0.3, 0.4) is 0 Å². The molecule has 1 fully saturated rings. The minimum Gasteiger partial charge on any atom is -0.317 e. The van der Waals surface area contributed by atoms with Gasteiger partial charge in [0, 0.05) is 30.1 Å². The highest BCUT2D eigenvalue weighted by atomic mass is 79.9. The fourth-order valence-corrected chi connectivity index (χ4v) is 9.82. The summed E-state index contributed by atoms with van der Waals surface area (Å²) in [6, 6.07) is 21.4. The lowest BCUT2D eigenvalue weighted by atomic mass is 9.86. The Bertz CT molecular complexity index is 1650. The molecule has 3 aromatic rings. The third-order valence-electron chi connectivity index (χ3n) is 9.07. The number of halogens is 1. The third kappa shape index (κ3) is 10.2. The van der Waals surface area contributed by atoms with E-state index in [2.05, 4.69) is 61.1 Å². The summed E-state index contributed by atoms with van der Waals surface area (Å²) in [7, 11) is -7.83. The molecule has 0 radical (unpaired) electrons. The van der Waals surface area contributed by atoms with Crippen molar-refractivity contribution in [2.45, 2.75) is 107 Å². The van der Waals surface area contributed by atoms with Gasteiger partial charge in [-0.1, -0.05) is 99.3 Å². The van der Waals surface area contributed by atoms with Crippen molar-refractivity contribution < 1.29 is 16.8 Å². The SMILES string of the molecule is CCCCCC(C)N(Cc1cc(Br)cc(C(C)(C)C)c1)S(=O)(=O)c1ccc(S(=O)(=O)N(Cc2ccccc2)CC2CCNCC2)cc1. The number of piperidine rings is 1. The van der Waals surface area contributed by atoms with Gasteiger partial charge in [0.2, 0.25) is 20.0 Å². The van der Waals surface area contributed by atoms with Crippen LogP contribution in [0, 0.1) is 5.92 Å². The Kier molecular flexibility index (Phi) is 13.3. The highest BCUT2D eigenvalue weighted by molar-refractivity contribution is 9.10. The molecule has 1 aliphatic heterocycles. The summed E-state index contributed by atoms with van der Waals surface area (Å²) >= 11 is 3.64. The first-order chi connectivity index (χ1) is 22.2. The standard InChI is InChI=1S/C37H52BrN3O4S2/c1-6-7-9-12-29(2)41(28-32-23-33(37(3,4)5)25-34(38)24-32)47(44,45)36-17-15-35(16-18-36)46(42,43)40(26-30-13-10-8-11-14-30)27-31-19-21-39-22-20-31/h8,10-11,13-18,23-25,29,31,39H,6-7,9,12,19-22,26-28H2,1-5H3. The maximum absolute atomic E-state index is 14.3. The summed E-state index contributed by atoms with van der Waals surface area (Å²) in [5.41, 5.74) is 2.85. The van der Waals surface area contributed by atoms with Gasteiger partial charge in [0.1, 0.15) is 0 Å². The van der Waals surface area contributed by atoms with E-state index in [1.165, 1.54) is 24.3 Å². The number of nitrogens with zero attached hydrogens (tertiary/aromatic N) is 2. The van der Waals surface area contributed by atoms with E-state index in [-0.39, 0.29) is 40.3 Å². The Balaban J connectivity index is 1.65. The van der Waals surface area contributed by atoms with Crippen LogP contribution in [0.15, 0.2) is 87.1 Å². The van der Waals surface area contributed by atoms with Crippen molar-refractivity contribution in [1.29, 1.82) is 0 Å². The topological polar surface area (TPSA) is 86.8 Å². The van der Waals surface area contributed by atoms with E-state index >= 15 is 0 Å². The molecule has 1 heterocycles. The van der Waals surface area contributed by atoms with Gasteiger partial charge in [0.15, 0.2) is 0 Å². The Morgan fingerprint density at radius 1 is 0.830 bits per heavy atom. The number of nitrogens with one attached hydrogen (secondary N) is 1. The molecule has 0 aromatic heterocycles. The zero-order valence-corrected chi connectivity index (χ0v) is 31.8. The molecule has 4 rings (SSSR count). The third-order valence-corrected chi connectivity index (χ3v) is 13.3. The predicted octanol–water partition coefficient (Wildman–Crippen LogP) is 8.10. The second kappa shape index (κ2) is 16.5. The zero-order valence-electron chi connectivity index (χ0n) is 28.6.